The van der Waals surface area contributed by atoms with E-state index in [0.717, 1.165) is 0 Å². The van der Waals surface area contributed by atoms with Crippen molar-refractivity contribution in [3.8, 4) is 11.5 Å². The van der Waals surface area contributed by atoms with Crippen molar-refractivity contribution in [3.05, 3.63) is 22.7 Å². The van der Waals surface area contributed by atoms with Crippen molar-refractivity contribution in [2.75, 3.05) is 7.11 Å². The van der Waals surface area contributed by atoms with Gasteiger partial charge in [0, 0.05) is 12.5 Å². The van der Waals surface area contributed by atoms with Gasteiger partial charge in [0.1, 0.15) is 17.6 Å². The first-order valence-electron chi connectivity index (χ1n) is 4.69. The van der Waals surface area contributed by atoms with Crippen molar-refractivity contribution < 1.29 is 14.3 Å². The molecule has 3 nitrogen and oxygen atoms in total. The Bertz CT molecular complexity index is 415. The van der Waals surface area contributed by atoms with Gasteiger partial charge in [-0.25, -0.2) is 0 Å². The van der Waals surface area contributed by atoms with E-state index in [1.165, 1.54) is 7.11 Å². The lowest BCUT2D eigenvalue weighted by molar-refractivity contribution is 0.0870. The average molecular weight is 227 g/mol. The van der Waals surface area contributed by atoms with E-state index in [9.17, 15) is 4.79 Å². The molecule has 1 aliphatic heterocycles. The van der Waals surface area contributed by atoms with Gasteiger partial charge in [-0.15, -0.1) is 0 Å². The topological polar surface area (TPSA) is 35.5 Å². The summed E-state index contributed by atoms with van der Waals surface area (Å²) in [5.74, 6) is 1.14. The predicted molar refractivity (Wildman–Crippen MR) is 57.0 cm³/mol. The lowest BCUT2D eigenvalue weighted by Crippen LogP contribution is -2.23. The molecule has 0 aromatic heterocycles. The Morgan fingerprint density at radius 1 is 1.53 bits per heavy atom. The maximum atomic E-state index is 11.7. The van der Waals surface area contributed by atoms with Gasteiger partial charge in [-0.1, -0.05) is 11.6 Å². The van der Waals surface area contributed by atoms with Crippen LogP contribution in [0.1, 0.15) is 23.7 Å². The Morgan fingerprint density at radius 2 is 2.27 bits per heavy atom. The van der Waals surface area contributed by atoms with Gasteiger partial charge in [-0.2, -0.15) is 0 Å². The van der Waals surface area contributed by atoms with Gasteiger partial charge in [0.25, 0.3) is 0 Å². The lowest BCUT2D eigenvalue weighted by Gasteiger charge is -2.23. The normalized spacial score (nSPS) is 19.4. The van der Waals surface area contributed by atoms with E-state index in [2.05, 4.69) is 0 Å². The molecule has 0 spiro atoms. The number of hydrogen-bond donors (Lipinski definition) is 0. The predicted octanol–water partition coefficient (Wildman–Crippen LogP) is 2.70. The fourth-order valence-corrected chi connectivity index (χ4v) is 1.88. The van der Waals surface area contributed by atoms with Gasteiger partial charge in [-0.3, -0.25) is 4.79 Å². The SMILES string of the molecule is COc1cc2c(cc1Cl)C(=O)CC(C)O2. The fraction of sp³-hybridized carbons (Fsp3) is 0.364. The zero-order valence-electron chi connectivity index (χ0n) is 8.54. The summed E-state index contributed by atoms with van der Waals surface area (Å²) in [4.78, 5) is 11.7. The minimum Gasteiger partial charge on any atom is -0.495 e. The molecule has 80 valence electrons. The Balaban J connectivity index is 2.52. The summed E-state index contributed by atoms with van der Waals surface area (Å²) >= 11 is 5.93. The number of hydrogen-bond acceptors (Lipinski definition) is 3. The highest BCUT2D eigenvalue weighted by Crippen LogP contribution is 2.36. The van der Waals surface area contributed by atoms with Crippen LogP contribution in [0, 0.1) is 0 Å². The minimum absolute atomic E-state index is 0.0632. The second-order valence-corrected chi connectivity index (χ2v) is 3.95. The Hall–Kier alpha value is -1.22. The molecule has 1 aromatic rings. The first kappa shape index (κ1) is 10.3. The van der Waals surface area contributed by atoms with Crippen LogP contribution in [0.25, 0.3) is 0 Å². The van der Waals surface area contributed by atoms with Gasteiger partial charge >= 0.3 is 0 Å². The first-order chi connectivity index (χ1) is 7.11. The number of Topliss-reactive ketones (excluding diaryl/α,β-unsaturated/α-hetero) is 1. The van der Waals surface area contributed by atoms with Crippen LogP contribution in [-0.2, 0) is 0 Å². The van der Waals surface area contributed by atoms with E-state index in [-0.39, 0.29) is 11.9 Å². The van der Waals surface area contributed by atoms with Gasteiger partial charge in [0.2, 0.25) is 0 Å². The molecular weight excluding hydrogens is 216 g/mol. The van der Waals surface area contributed by atoms with Crippen molar-refractivity contribution in [2.45, 2.75) is 19.4 Å². The largest absolute Gasteiger partial charge is 0.495 e. The summed E-state index contributed by atoms with van der Waals surface area (Å²) in [5, 5.41) is 0.433. The molecule has 1 aliphatic rings. The molecule has 0 saturated heterocycles. The molecule has 15 heavy (non-hydrogen) atoms. The maximum Gasteiger partial charge on any atom is 0.170 e. The van der Waals surface area contributed by atoms with E-state index in [1.54, 1.807) is 12.1 Å². The number of fused-ring (bicyclic) bond motifs is 1. The van der Waals surface area contributed by atoms with Crippen molar-refractivity contribution in [2.24, 2.45) is 0 Å². The number of rotatable bonds is 1. The van der Waals surface area contributed by atoms with Crippen LogP contribution in [0.2, 0.25) is 5.02 Å². The standard InChI is InChI=1S/C11H11ClO3/c1-6-3-9(13)7-4-8(12)11(14-2)5-10(7)15-6/h4-6H,3H2,1-2H3. The molecule has 0 aliphatic carbocycles. The molecule has 1 heterocycles. The van der Waals surface area contributed by atoms with Gasteiger partial charge in [0.05, 0.1) is 17.7 Å². The van der Waals surface area contributed by atoms with Crippen molar-refractivity contribution in [1.82, 2.24) is 0 Å². The van der Waals surface area contributed by atoms with Crippen LogP contribution < -0.4 is 9.47 Å². The molecule has 0 N–H and O–H groups in total. The average Bonchev–Trinajstić information content (AvgIpc) is 2.18. The molecule has 4 heteroatoms. The summed E-state index contributed by atoms with van der Waals surface area (Å²) in [5.41, 5.74) is 0.541. The van der Waals surface area contributed by atoms with Crippen LogP contribution in [0.3, 0.4) is 0 Å². The van der Waals surface area contributed by atoms with Gasteiger partial charge in [0.15, 0.2) is 5.78 Å². The summed E-state index contributed by atoms with van der Waals surface area (Å²) in [6.07, 6.45) is 0.311. The number of carbonyl (C=O) groups is 1. The number of halogens is 1. The third kappa shape index (κ3) is 1.79. The maximum absolute atomic E-state index is 11.7. The Kier molecular flexibility index (Phi) is 2.57. The minimum atomic E-state index is -0.0871. The quantitative estimate of drug-likeness (QED) is 0.739. The molecule has 0 amide bonds. The number of benzene rings is 1. The van der Waals surface area contributed by atoms with Crippen LogP contribution in [0.5, 0.6) is 11.5 Å². The zero-order valence-corrected chi connectivity index (χ0v) is 9.30. The molecule has 2 rings (SSSR count). The monoisotopic (exact) mass is 226 g/mol. The molecular formula is C11H11ClO3. The highest BCUT2D eigenvalue weighted by Gasteiger charge is 2.25. The molecule has 1 atom stereocenters. The second kappa shape index (κ2) is 3.74. The van der Waals surface area contributed by atoms with Gasteiger partial charge in [-0.05, 0) is 13.0 Å². The van der Waals surface area contributed by atoms with Crippen LogP contribution in [-0.4, -0.2) is 19.0 Å². The number of carbonyl (C=O) groups excluding carboxylic acids is 1. The molecule has 1 aromatic carbocycles. The highest BCUT2D eigenvalue weighted by molar-refractivity contribution is 6.32. The second-order valence-electron chi connectivity index (χ2n) is 3.54. The molecule has 1 unspecified atom stereocenters. The van der Waals surface area contributed by atoms with Crippen LogP contribution in [0.15, 0.2) is 12.1 Å². The van der Waals surface area contributed by atoms with E-state index in [0.29, 0.717) is 28.5 Å². The molecule has 0 radical (unpaired) electrons. The third-order valence-electron chi connectivity index (χ3n) is 2.36. The van der Waals surface area contributed by atoms with E-state index in [4.69, 9.17) is 21.1 Å². The smallest absolute Gasteiger partial charge is 0.170 e. The Morgan fingerprint density at radius 3 is 2.93 bits per heavy atom. The van der Waals surface area contributed by atoms with Gasteiger partial charge < -0.3 is 9.47 Å². The number of ketones is 1. The van der Waals surface area contributed by atoms with Crippen molar-refractivity contribution >= 4 is 17.4 Å². The summed E-state index contributed by atoms with van der Waals surface area (Å²) in [7, 11) is 1.53. The molecule has 0 saturated carbocycles. The molecule has 0 fully saturated rings. The van der Waals surface area contributed by atoms with E-state index in [1.807, 2.05) is 6.92 Å². The van der Waals surface area contributed by atoms with Crippen molar-refractivity contribution in [1.29, 1.82) is 0 Å². The first-order valence-corrected chi connectivity index (χ1v) is 5.07. The summed E-state index contributed by atoms with van der Waals surface area (Å²) in [6.45, 7) is 1.86. The summed E-state index contributed by atoms with van der Waals surface area (Å²) < 4.78 is 10.6. The van der Waals surface area contributed by atoms with Crippen molar-refractivity contribution in [3.63, 3.8) is 0 Å². The lowest BCUT2D eigenvalue weighted by atomic mass is 10.0. The fourth-order valence-electron chi connectivity index (χ4n) is 1.64. The Labute approximate surface area is 92.9 Å². The van der Waals surface area contributed by atoms with Crippen LogP contribution >= 0.6 is 11.6 Å². The zero-order chi connectivity index (χ0) is 11.0. The number of ether oxygens (including phenoxy) is 2. The molecule has 0 bridgehead atoms. The number of methoxy groups -OCH3 is 1. The van der Waals surface area contributed by atoms with E-state index < -0.39 is 0 Å². The third-order valence-corrected chi connectivity index (χ3v) is 2.65. The van der Waals surface area contributed by atoms with Crippen LogP contribution in [0.4, 0.5) is 0 Å². The summed E-state index contributed by atoms with van der Waals surface area (Å²) in [6, 6.07) is 3.26. The highest BCUT2D eigenvalue weighted by atomic mass is 35.5. The van der Waals surface area contributed by atoms with E-state index >= 15 is 0 Å².